The summed E-state index contributed by atoms with van der Waals surface area (Å²) in [5, 5.41) is 7.03. The minimum absolute atomic E-state index is 0. The fourth-order valence-corrected chi connectivity index (χ4v) is 3.49. The predicted molar refractivity (Wildman–Crippen MR) is 107 cm³/mol. The van der Waals surface area contributed by atoms with Crippen molar-refractivity contribution in [3.05, 3.63) is 39.5 Å². The average Bonchev–Trinajstić information content (AvgIpc) is 3.16. The van der Waals surface area contributed by atoms with E-state index in [9.17, 15) is 4.79 Å². The Kier molecular flexibility index (Phi) is 8.05. The maximum Gasteiger partial charge on any atom is 0.224 e. The second kappa shape index (κ2) is 9.29. The van der Waals surface area contributed by atoms with Crippen molar-refractivity contribution in [2.45, 2.75) is 0 Å². The summed E-state index contributed by atoms with van der Waals surface area (Å²) in [6.45, 7) is 1.61. The summed E-state index contributed by atoms with van der Waals surface area (Å²) >= 11 is 2.93. The van der Waals surface area contributed by atoms with Crippen molar-refractivity contribution in [1.82, 2.24) is 14.9 Å². The Morgan fingerprint density at radius 2 is 1.96 bits per heavy atom. The number of carbonyl (C=O) groups is 1. The number of thiophene rings is 2. The van der Waals surface area contributed by atoms with Gasteiger partial charge in [-0.1, -0.05) is 6.07 Å². The lowest BCUT2D eigenvalue weighted by atomic mass is 10.2. The minimum Gasteiger partial charge on any atom is -0.353 e. The van der Waals surface area contributed by atoms with Gasteiger partial charge in [-0.05, 0) is 37.0 Å². The van der Waals surface area contributed by atoms with Crippen LogP contribution in [0.1, 0.15) is 15.4 Å². The summed E-state index contributed by atoms with van der Waals surface area (Å²) in [5.74, 6) is 0.466. The zero-order chi connectivity index (χ0) is 15.5. The van der Waals surface area contributed by atoms with Gasteiger partial charge >= 0.3 is 0 Å². The fourth-order valence-electron chi connectivity index (χ4n) is 2.01. The van der Waals surface area contributed by atoms with Crippen molar-refractivity contribution >= 4 is 69.4 Å². The maximum absolute atomic E-state index is 12.6. The number of hydrogen-bond acceptors (Lipinski definition) is 7. The van der Waals surface area contributed by atoms with Crippen LogP contribution < -0.4 is 5.32 Å². The second-order valence-electron chi connectivity index (χ2n) is 5.07. The molecule has 0 bridgehead atoms. The van der Waals surface area contributed by atoms with Crippen LogP contribution in [-0.4, -0.2) is 47.8 Å². The molecular formula is C15H18Cl2N4OS2. The zero-order valence-electron chi connectivity index (χ0n) is 13.2. The monoisotopic (exact) mass is 404 g/mol. The third-order valence-electron chi connectivity index (χ3n) is 3.11. The van der Waals surface area contributed by atoms with Crippen molar-refractivity contribution in [2.75, 3.05) is 32.5 Å². The molecule has 24 heavy (non-hydrogen) atoms. The lowest BCUT2D eigenvalue weighted by Crippen LogP contribution is -2.21. The van der Waals surface area contributed by atoms with Gasteiger partial charge in [-0.2, -0.15) is 0 Å². The van der Waals surface area contributed by atoms with Gasteiger partial charge in [0.15, 0.2) is 0 Å². The van der Waals surface area contributed by atoms with Crippen LogP contribution in [-0.2, 0) is 0 Å². The molecule has 0 saturated carbocycles. The molecule has 0 aliphatic rings. The number of nitrogens with one attached hydrogen (secondary N) is 1. The van der Waals surface area contributed by atoms with Crippen molar-refractivity contribution < 1.29 is 4.79 Å². The molecule has 0 aromatic carbocycles. The summed E-state index contributed by atoms with van der Waals surface area (Å²) in [4.78, 5) is 24.4. The molecule has 0 saturated heterocycles. The molecule has 0 atom stereocenters. The minimum atomic E-state index is -0.0412. The molecule has 5 nitrogen and oxygen atoms in total. The van der Waals surface area contributed by atoms with Crippen molar-refractivity contribution in [1.29, 1.82) is 0 Å². The first kappa shape index (κ1) is 20.8. The molecule has 0 amide bonds. The van der Waals surface area contributed by atoms with E-state index in [0.717, 1.165) is 23.3 Å². The molecule has 3 rings (SSSR count). The molecule has 3 aromatic heterocycles. The molecule has 0 unspecified atom stereocenters. The predicted octanol–water partition coefficient (Wildman–Crippen LogP) is 3.80. The number of carbonyl (C=O) groups excluding carboxylic acids is 1. The van der Waals surface area contributed by atoms with E-state index < -0.39 is 0 Å². The molecule has 0 fully saturated rings. The average molecular weight is 405 g/mol. The van der Waals surface area contributed by atoms with Crippen LogP contribution in [0, 0.1) is 0 Å². The quantitative estimate of drug-likeness (QED) is 0.633. The van der Waals surface area contributed by atoms with Gasteiger partial charge in [0.2, 0.25) is 11.7 Å². The van der Waals surface area contributed by atoms with E-state index in [1.807, 2.05) is 43.1 Å². The summed E-state index contributed by atoms with van der Waals surface area (Å²) in [5.41, 5.74) is 1.29. The number of nitrogens with zero attached hydrogens (tertiary/aromatic N) is 3. The second-order valence-corrected chi connectivity index (χ2v) is 6.93. The molecule has 3 aromatic rings. The Balaban J connectivity index is 0.00000144. The van der Waals surface area contributed by atoms with Crippen molar-refractivity contribution in [3.63, 3.8) is 0 Å². The highest BCUT2D eigenvalue weighted by atomic mass is 35.5. The van der Waals surface area contributed by atoms with Crippen LogP contribution in [0.25, 0.3) is 10.2 Å². The normalized spacial score (nSPS) is 10.3. The first-order valence-corrected chi connectivity index (χ1v) is 8.63. The Labute approximate surface area is 160 Å². The standard InChI is InChI=1S/C15H16N4OS2.2ClH/c1-19(2)7-6-16-15-17-10-5-9-22-14(10)12(18-15)13(20)11-4-3-8-21-11;;/h3-5,8-9H,6-7H2,1-2H3,(H,16,17,18);2*1H. The molecule has 3 heterocycles. The van der Waals surface area contributed by atoms with Crippen LogP contribution in [0.5, 0.6) is 0 Å². The molecule has 1 N–H and O–H groups in total. The number of aromatic nitrogens is 2. The number of fused-ring (bicyclic) bond motifs is 1. The molecule has 0 aliphatic heterocycles. The number of hydrogen-bond donors (Lipinski definition) is 1. The van der Waals surface area contributed by atoms with E-state index in [-0.39, 0.29) is 30.6 Å². The van der Waals surface area contributed by atoms with Gasteiger partial charge in [-0.3, -0.25) is 4.79 Å². The third kappa shape index (κ3) is 4.64. The van der Waals surface area contributed by atoms with Gasteiger partial charge in [0.1, 0.15) is 5.69 Å². The molecule has 0 spiro atoms. The lowest BCUT2D eigenvalue weighted by molar-refractivity contribution is 0.104. The highest BCUT2D eigenvalue weighted by Crippen LogP contribution is 2.26. The van der Waals surface area contributed by atoms with E-state index >= 15 is 0 Å². The largest absolute Gasteiger partial charge is 0.353 e. The molecule has 0 aliphatic carbocycles. The van der Waals surface area contributed by atoms with Gasteiger partial charge in [-0.15, -0.1) is 47.5 Å². The molecule has 0 radical (unpaired) electrons. The van der Waals surface area contributed by atoms with E-state index in [1.165, 1.54) is 22.7 Å². The summed E-state index contributed by atoms with van der Waals surface area (Å²) in [7, 11) is 4.02. The van der Waals surface area contributed by atoms with Crippen LogP contribution in [0.3, 0.4) is 0 Å². The summed E-state index contributed by atoms with van der Waals surface area (Å²) < 4.78 is 0.844. The van der Waals surface area contributed by atoms with Crippen LogP contribution in [0.15, 0.2) is 29.0 Å². The van der Waals surface area contributed by atoms with Crippen molar-refractivity contribution in [2.24, 2.45) is 0 Å². The number of halogens is 2. The van der Waals surface area contributed by atoms with E-state index in [0.29, 0.717) is 16.5 Å². The van der Waals surface area contributed by atoms with Gasteiger partial charge in [-0.25, -0.2) is 9.97 Å². The molecule has 130 valence electrons. The smallest absolute Gasteiger partial charge is 0.224 e. The first-order chi connectivity index (χ1) is 10.6. The SMILES string of the molecule is CN(C)CCNc1nc(C(=O)c2cccs2)c2sccc2n1.Cl.Cl. The number of likely N-dealkylation sites (N-methyl/N-ethyl adjacent to an activating group) is 1. The van der Waals surface area contributed by atoms with E-state index in [1.54, 1.807) is 0 Å². The van der Waals surface area contributed by atoms with Gasteiger partial charge in [0, 0.05) is 13.1 Å². The van der Waals surface area contributed by atoms with Crippen LogP contribution in [0.4, 0.5) is 5.95 Å². The van der Waals surface area contributed by atoms with Crippen molar-refractivity contribution in [3.8, 4) is 0 Å². The highest BCUT2D eigenvalue weighted by molar-refractivity contribution is 7.17. The Hall–Kier alpha value is -1.25. The number of ketones is 1. The van der Waals surface area contributed by atoms with Crippen LogP contribution >= 0.6 is 47.5 Å². The maximum atomic E-state index is 12.6. The third-order valence-corrected chi connectivity index (χ3v) is 4.88. The molecular weight excluding hydrogens is 387 g/mol. The first-order valence-electron chi connectivity index (χ1n) is 6.87. The Morgan fingerprint density at radius 1 is 1.17 bits per heavy atom. The highest BCUT2D eigenvalue weighted by Gasteiger charge is 2.18. The van der Waals surface area contributed by atoms with E-state index in [4.69, 9.17) is 0 Å². The summed E-state index contributed by atoms with van der Waals surface area (Å²) in [6, 6.07) is 5.62. The Morgan fingerprint density at radius 3 is 2.62 bits per heavy atom. The Bertz CT molecular complexity index is 790. The zero-order valence-corrected chi connectivity index (χ0v) is 16.4. The van der Waals surface area contributed by atoms with E-state index in [2.05, 4.69) is 20.2 Å². The molecule has 9 heteroatoms. The van der Waals surface area contributed by atoms with Crippen LogP contribution in [0.2, 0.25) is 0 Å². The van der Waals surface area contributed by atoms with Gasteiger partial charge in [0.25, 0.3) is 0 Å². The van der Waals surface area contributed by atoms with Gasteiger partial charge in [0.05, 0.1) is 15.1 Å². The van der Waals surface area contributed by atoms with Gasteiger partial charge < -0.3 is 10.2 Å². The lowest BCUT2D eigenvalue weighted by Gasteiger charge is -2.11. The fraction of sp³-hybridized carbons (Fsp3) is 0.267. The number of rotatable bonds is 6. The summed E-state index contributed by atoms with van der Waals surface area (Å²) in [6.07, 6.45) is 0. The number of anilines is 1. The topological polar surface area (TPSA) is 58.1 Å².